The minimum Gasteiger partial charge on any atom is -0.454 e. The third kappa shape index (κ3) is 2.59. The highest BCUT2D eigenvalue weighted by Crippen LogP contribution is 2.40. The van der Waals surface area contributed by atoms with Gasteiger partial charge in [-0.15, -0.1) is 10.2 Å². The van der Waals surface area contributed by atoms with Crippen LogP contribution >= 0.6 is 27.7 Å². The fraction of sp³-hybridized carbons (Fsp3) is 0.214. The van der Waals surface area contributed by atoms with Crippen LogP contribution < -0.4 is 9.47 Å². The Kier molecular flexibility index (Phi) is 3.80. The molecule has 0 amide bonds. The molecule has 0 aliphatic carbocycles. The largest absolute Gasteiger partial charge is 0.454 e. The van der Waals surface area contributed by atoms with Gasteiger partial charge in [0.1, 0.15) is 0 Å². The summed E-state index contributed by atoms with van der Waals surface area (Å²) >= 11 is 4.72. The number of aromatic nitrogens is 3. The molecule has 0 atom stereocenters. The summed E-state index contributed by atoms with van der Waals surface area (Å²) in [5, 5.41) is 11.8. The summed E-state index contributed by atoms with van der Waals surface area (Å²) in [6, 6.07) is 3.67. The third-order valence-electron chi connectivity index (χ3n) is 3.42. The van der Waals surface area contributed by atoms with E-state index in [0.29, 0.717) is 22.4 Å². The number of hydrogen-bond donors (Lipinski definition) is 0. The predicted molar refractivity (Wildman–Crippen MR) is 87.6 cm³/mol. The lowest BCUT2D eigenvalue weighted by Crippen LogP contribution is -2.09. The van der Waals surface area contributed by atoms with Crippen LogP contribution in [0.15, 0.2) is 31.8 Å². The molecule has 6 nitrogen and oxygen atoms in total. The molecule has 0 N–H and O–H groups in total. The Morgan fingerprint density at radius 2 is 2.04 bits per heavy atom. The normalized spacial score (nSPS) is 17.4. The molecule has 124 valence electrons. The zero-order chi connectivity index (χ0) is 16.8. The van der Waals surface area contributed by atoms with Gasteiger partial charge in [0.05, 0.1) is 5.71 Å². The minimum absolute atomic E-state index is 0.191. The Labute approximate surface area is 147 Å². The standard InChI is InChI=1S/C14H9BrF2N4O2S/c1-6-11(24-14-19-18-13(12(16)17)21(14)20-6)3-7-2-9-10(4-8(7)15)23-5-22-9/h2-4,12H,5H2,1H3/b11-3-. The van der Waals surface area contributed by atoms with Crippen molar-refractivity contribution in [2.24, 2.45) is 5.10 Å². The van der Waals surface area contributed by atoms with Crippen LogP contribution in [-0.4, -0.2) is 27.4 Å². The molecule has 24 heavy (non-hydrogen) atoms. The Morgan fingerprint density at radius 3 is 2.79 bits per heavy atom. The number of ether oxygens (including phenoxy) is 2. The maximum absolute atomic E-state index is 12.9. The maximum Gasteiger partial charge on any atom is 0.299 e. The van der Waals surface area contributed by atoms with Crippen molar-refractivity contribution in [3.63, 3.8) is 0 Å². The van der Waals surface area contributed by atoms with Crippen LogP contribution in [0.1, 0.15) is 24.7 Å². The zero-order valence-corrected chi connectivity index (χ0v) is 14.6. The van der Waals surface area contributed by atoms with Gasteiger partial charge in [0.2, 0.25) is 17.8 Å². The van der Waals surface area contributed by atoms with Crippen LogP contribution in [-0.2, 0) is 0 Å². The van der Waals surface area contributed by atoms with Crippen LogP contribution in [0.3, 0.4) is 0 Å². The van der Waals surface area contributed by atoms with Crippen molar-refractivity contribution in [3.05, 3.63) is 32.9 Å². The number of nitrogens with zero attached hydrogens (tertiary/aromatic N) is 4. The lowest BCUT2D eigenvalue weighted by molar-refractivity contribution is 0.135. The van der Waals surface area contributed by atoms with Gasteiger partial charge in [0, 0.05) is 9.38 Å². The van der Waals surface area contributed by atoms with Crippen molar-refractivity contribution in [1.29, 1.82) is 0 Å². The van der Waals surface area contributed by atoms with Gasteiger partial charge in [-0.2, -0.15) is 9.78 Å². The highest BCUT2D eigenvalue weighted by Gasteiger charge is 2.26. The molecular weight excluding hydrogens is 406 g/mol. The van der Waals surface area contributed by atoms with E-state index in [1.54, 1.807) is 6.92 Å². The molecule has 2 aromatic rings. The van der Waals surface area contributed by atoms with Crippen LogP contribution in [0.2, 0.25) is 0 Å². The zero-order valence-electron chi connectivity index (χ0n) is 12.2. The fourth-order valence-electron chi connectivity index (χ4n) is 2.26. The topological polar surface area (TPSA) is 61.5 Å². The fourth-order valence-corrected chi connectivity index (χ4v) is 3.57. The van der Waals surface area contributed by atoms with E-state index in [1.165, 1.54) is 11.8 Å². The highest BCUT2D eigenvalue weighted by molar-refractivity contribution is 9.10. The maximum atomic E-state index is 12.9. The van der Waals surface area contributed by atoms with Crippen LogP contribution in [0.4, 0.5) is 8.78 Å². The molecule has 0 saturated carbocycles. The van der Waals surface area contributed by atoms with Gasteiger partial charge in [-0.05, 0) is 42.5 Å². The van der Waals surface area contributed by atoms with Crippen molar-refractivity contribution in [1.82, 2.24) is 14.9 Å². The molecular formula is C14H9BrF2N4O2S. The Bertz CT molecular complexity index is 897. The summed E-state index contributed by atoms with van der Waals surface area (Å²) in [5.41, 5.74) is 1.46. The summed E-state index contributed by atoms with van der Waals surface area (Å²) in [7, 11) is 0. The molecule has 0 fully saturated rings. The van der Waals surface area contributed by atoms with Crippen molar-refractivity contribution in [2.45, 2.75) is 18.5 Å². The lowest BCUT2D eigenvalue weighted by atomic mass is 10.1. The number of fused-ring (bicyclic) bond motifs is 2. The summed E-state index contributed by atoms with van der Waals surface area (Å²) in [6.07, 6.45) is -0.840. The SMILES string of the molecule is CC1=Nn2c(nnc2C(F)F)S/C1=C\c1cc2c(cc1Br)OCO2. The number of halogens is 3. The number of rotatable bonds is 2. The Hall–Kier alpha value is -1.94. The molecule has 0 unspecified atom stereocenters. The van der Waals surface area contributed by atoms with Crippen LogP contribution in [0.5, 0.6) is 11.5 Å². The summed E-state index contributed by atoms with van der Waals surface area (Å²) < 4.78 is 38.4. The van der Waals surface area contributed by atoms with Gasteiger partial charge < -0.3 is 9.47 Å². The highest BCUT2D eigenvalue weighted by atomic mass is 79.9. The summed E-state index contributed by atoms with van der Waals surface area (Å²) in [4.78, 5) is 0.787. The first-order chi connectivity index (χ1) is 11.5. The first-order valence-electron chi connectivity index (χ1n) is 6.81. The van der Waals surface area contributed by atoms with E-state index in [2.05, 4.69) is 31.2 Å². The Morgan fingerprint density at radius 1 is 1.29 bits per heavy atom. The molecule has 0 spiro atoms. The van der Waals surface area contributed by atoms with E-state index in [9.17, 15) is 8.78 Å². The van der Waals surface area contributed by atoms with Gasteiger partial charge >= 0.3 is 0 Å². The van der Waals surface area contributed by atoms with Gasteiger partial charge in [-0.25, -0.2) is 8.78 Å². The van der Waals surface area contributed by atoms with E-state index in [4.69, 9.17) is 9.47 Å². The quantitative estimate of drug-likeness (QED) is 0.740. The number of thioether (sulfide) groups is 1. The molecule has 0 radical (unpaired) electrons. The molecule has 4 rings (SSSR count). The van der Waals surface area contributed by atoms with Crippen molar-refractivity contribution in [2.75, 3.05) is 6.79 Å². The van der Waals surface area contributed by atoms with Crippen LogP contribution in [0, 0.1) is 0 Å². The van der Waals surface area contributed by atoms with Crippen molar-refractivity contribution in [3.8, 4) is 11.5 Å². The molecule has 2 aliphatic heterocycles. The molecule has 10 heteroatoms. The average Bonchev–Trinajstić information content (AvgIpc) is 3.14. The number of alkyl halides is 2. The second-order valence-corrected chi connectivity index (χ2v) is 6.84. The van der Waals surface area contributed by atoms with E-state index in [0.717, 1.165) is 19.6 Å². The summed E-state index contributed by atoms with van der Waals surface area (Å²) in [5.74, 6) is 0.871. The van der Waals surface area contributed by atoms with E-state index >= 15 is 0 Å². The van der Waals surface area contributed by atoms with E-state index in [-0.39, 0.29) is 6.79 Å². The Balaban J connectivity index is 1.73. The predicted octanol–water partition coefficient (Wildman–Crippen LogP) is 4.08. The molecule has 2 aliphatic rings. The van der Waals surface area contributed by atoms with Gasteiger partial charge in [0.15, 0.2) is 11.5 Å². The minimum atomic E-state index is -2.73. The third-order valence-corrected chi connectivity index (χ3v) is 5.17. The molecule has 3 heterocycles. The summed E-state index contributed by atoms with van der Waals surface area (Å²) in [6.45, 7) is 1.94. The number of hydrogen-bond acceptors (Lipinski definition) is 6. The average molecular weight is 415 g/mol. The molecule has 1 aromatic carbocycles. The van der Waals surface area contributed by atoms with Gasteiger partial charge in [-0.1, -0.05) is 15.9 Å². The van der Waals surface area contributed by atoms with E-state index in [1.807, 2.05) is 18.2 Å². The number of allylic oxidation sites excluding steroid dienone is 1. The van der Waals surface area contributed by atoms with E-state index < -0.39 is 12.2 Å². The van der Waals surface area contributed by atoms with Gasteiger partial charge in [-0.3, -0.25) is 0 Å². The second kappa shape index (κ2) is 5.85. The smallest absolute Gasteiger partial charge is 0.299 e. The first kappa shape index (κ1) is 15.6. The van der Waals surface area contributed by atoms with Crippen molar-refractivity contribution >= 4 is 39.5 Å². The van der Waals surface area contributed by atoms with Crippen LogP contribution in [0.25, 0.3) is 6.08 Å². The lowest BCUT2D eigenvalue weighted by Gasteiger charge is -2.14. The number of benzene rings is 1. The first-order valence-corrected chi connectivity index (χ1v) is 8.42. The monoisotopic (exact) mass is 414 g/mol. The van der Waals surface area contributed by atoms with Gasteiger partial charge in [0.25, 0.3) is 6.43 Å². The molecule has 0 bridgehead atoms. The molecule has 1 aromatic heterocycles. The molecule has 0 saturated heterocycles. The second-order valence-electron chi connectivity index (χ2n) is 4.98. The van der Waals surface area contributed by atoms with Crippen molar-refractivity contribution < 1.29 is 18.3 Å².